The Morgan fingerprint density at radius 3 is 2.12 bits per heavy atom. The second-order valence-electron chi connectivity index (χ2n) is 7.72. The van der Waals surface area contributed by atoms with Crippen LogP contribution >= 0.6 is 0 Å². The van der Waals surface area contributed by atoms with Gasteiger partial charge in [-0.1, -0.05) is 19.4 Å². The number of hydrogen-bond donors (Lipinski definition) is 1. The fourth-order valence-corrected chi connectivity index (χ4v) is 3.49. The number of nitrogens with one attached hydrogen (secondary N) is 1. The van der Waals surface area contributed by atoms with Crippen LogP contribution in [0.2, 0.25) is 0 Å². The molecule has 3 nitrogen and oxygen atoms in total. The number of carbonyl (C=O) groups is 1. The highest BCUT2D eigenvalue weighted by Crippen LogP contribution is 2.53. The molecule has 2 rings (SSSR count). The zero-order chi connectivity index (χ0) is 24.5. The fourth-order valence-electron chi connectivity index (χ4n) is 3.49. The van der Waals surface area contributed by atoms with E-state index in [4.69, 9.17) is 5.26 Å². The summed E-state index contributed by atoms with van der Waals surface area (Å²) in [5.74, 6) is -5.33. The van der Waals surface area contributed by atoms with Crippen LogP contribution in [0.1, 0.15) is 58.4 Å². The molecule has 1 unspecified atom stereocenters. The molecule has 1 atom stereocenters. The molecule has 0 aromatic heterocycles. The monoisotopic (exact) mass is 456 g/mol. The van der Waals surface area contributed by atoms with E-state index >= 15 is 0 Å². The van der Waals surface area contributed by atoms with E-state index in [1.165, 1.54) is 25.1 Å². The first-order chi connectivity index (χ1) is 14.7. The maximum absolute atomic E-state index is 14.9. The highest BCUT2D eigenvalue weighted by atomic mass is 19.4. The molecule has 0 spiro atoms. The molecule has 0 aliphatic heterocycles. The van der Waals surface area contributed by atoms with E-state index in [0.29, 0.717) is 23.6 Å². The number of alkyl halides is 6. The van der Waals surface area contributed by atoms with Crippen molar-refractivity contribution in [3.05, 3.63) is 63.7 Å². The molecular formula is C23H22F6N2O. The van der Waals surface area contributed by atoms with Crippen molar-refractivity contribution in [1.29, 1.82) is 5.26 Å². The number of aryl methyl sites for hydroxylation is 3. The number of halogens is 6. The lowest BCUT2D eigenvalue weighted by Crippen LogP contribution is -2.51. The van der Waals surface area contributed by atoms with Gasteiger partial charge in [-0.05, 0) is 61.2 Å². The van der Waals surface area contributed by atoms with Gasteiger partial charge in [0.25, 0.3) is 17.5 Å². The Bertz CT molecular complexity index is 1050. The Labute approximate surface area is 182 Å². The Kier molecular flexibility index (Phi) is 6.98. The Morgan fingerprint density at radius 2 is 1.66 bits per heavy atom. The molecule has 32 heavy (non-hydrogen) atoms. The van der Waals surface area contributed by atoms with Crippen molar-refractivity contribution in [3.63, 3.8) is 0 Å². The normalized spacial score (nSPS) is 13.9. The highest BCUT2D eigenvalue weighted by molar-refractivity contribution is 6.05. The van der Waals surface area contributed by atoms with Crippen molar-refractivity contribution in [2.24, 2.45) is 0 Å². The van der Waals surface area contributed by atoms with Crippen molar-refractivity contribution in [2.45, 2.75) is 58.3 Å². The topological polar surface area (TPSA) is 52.9 Å². The average molecular weight is 456 g/mol. The molecule has 0 fully saturated rings. The third kappa shape index (κ3) is 4.59. The summed E-state index contributed by atoms with van der Waals surface area (Å²) in [6.07, 6.45) is -5.32. The van der Waals surface area contributed by atoms with Gasteiger partial charge in [-0.3, -0.25) is 4.79 Å². The molecule has 0 heterocycles. The van der Waals surface area contributed by atoms with Gasteiger partial charge in [-0.15, -0.1) is 0 Å². The first-order valence-electron chi connectivity index (χ1n) is 9.77. The summed E-state index contributed by atoms with van der Waals surface area (Å²) >= 11 is 0. The minimum atomic E-state index is -5.86. The lowest BCUT2D eigenvalue weighted by Gasteiger charge is -2.34. The van der Waals surface area contributed by atoms with Crippen molar-refractivity contribution in [1.82, 2.24) is 0 Å². The average Bonchev–Trinajstić information content (AvgIpc) is 2.67. The van der Waals surface area contributed by atoms with Crippen LogP contribution < -0.4 is 5.32 Å². The molecule has 0 saturated carbocycles. The largest absolute Gasteiger partial charge is 0.432 e. The first-order valence-corrected chi connectivity index (χ1v) is 9.77. The van der Waals surface area contributed by atoms with Crippen LogP contribution in [0.3, 0.4) is 0 Å². The molecule has 1 N–H and O–H groups in total. The van der Waals surface area contributed by atoms with Crippen LogP contribution in [0.4, 0.5) is 32.0 Å². The van der Waals surface area contributed by atoms with Crippen molar-refractivity contribution < 1.29 is 31.1 Å². The molecule has 2 aromatic carbocycles. The second-order valence-corrected chi connectivity index (χ2v) is 7.72. The molecule has 0 saturated heterocycles. The number of carbonyl (C=O) groups excluding carboxylic acids is 1. The summed E-state index contributed by atoms with van der Waals surface area (Å²) in [6.45, 7) is 4.55. The summed E-state index contributed by atoms with van der Waals surface area (Å²) in [4.78, 5) is 12.7. The molecule has 2 aromatic rings. The zero-order valence-electron chi connectivity index (χ0n) is 17.9. The molecule has 172 valence electrons. The summed E-state index contributed by atoms with van der Waals surface area (Å²) in [7, 11) is 0. The Balaban J connectivity index is 2.58. The third-order valence-electron chi connectivity index (χ3n) is 5.18. The van der Waals surface area contributed by atoms with Crippen LogP contribution in [-0.2, 0) is 12.1 Å². The molecule has 0 radical (unpaired) electrons. The van der Waals surface area contributed by atoms with Crippen molar-refractivity contribution >= 4 is 11.6 Å². The highest BCUT2D eigenvalue weighted by Gasteiger charge is 2.70. The van der Waals surface area contributed by atoms with Gasteiger partial charge in [0.1, 0.15) is 0 Å². The number of rotatable bonds is 6. The van der Waals surface area contributed by atoms with E-state index in [0.717, 1.165) is 6.07 Å². The fraction of sp³-hybridized carbons (Fsp3) is 0.391. The van der Waals surface area contributed by atoms with E-state index in [9.17, 15) is 31.1 Å². The van der Waals surface area contributed by atoms with E-state index in [-0.39, 0.29) is 35.7 Å². The van der Waals surface area contributed by atoms with E-state index in [1.54, 1.807) is 13.8 Å². The number of hydrogen-bond acceptors (Lipinski definition) is 2. The van der Waals surface area contributed by atoms with Gasteiger partial charge < -0.3 is 5.32 Å². The smallest absolute Gasteiger partial charge is 0.321 e. The summed E-state index contributed by atoms with van der Waals surface area (Å²) in [5, 5.41) is 11.6. The van der Waals surface area contributed by atoms with Gasteiger partial charge in [-0.25, -0.2) is 13.2 Å². The van der Waals surface area contributed by atoms with E-state index in [2.05, 4.69) is 5.32 Å². The Morgan fingerprint density at radius 1 is 1.03 bits per heavy atom. The summed E-state index contributed by atoms with van der Waals surface area (Å²) < 4.78 is 82.9. The van der Waals surface area contributed by atoms with Crippen LogP contribution in [0.5, 0.6) is 0 Å². The van der Waals surface area contributed by atoms with Crippen LogP contribution in [0.25, 0.3) is 0 Å². The van der Waals surface area contributed by atoms with Crippen molar-refractivity contribution in [3.8, 4) is 6.07 Å². The van der Waals surface area contributed by atoms with Gasteiger partial charge in [-0.2, -0.15) is 18.4 Å². The predicted octanol–water partition coefficient (Wildman–Crippen LogP) is 6.76. The maximum Gasteiger partial charge on any atom is 0.432 e. The summed E-state index contributed by atoms with van der Waals surface area (Å²) in [5.41, 5.74) is -4.73. The number of benzene rings is 2. The second kappa shape index (κ2) is 8.85. The van der Waals surface area contributed by atoms with Gasteiger partial charge in [0.2, 0.25) is 0 Å². The van der Waals surface area contributed by atoms with Crippen LogP contribution in [0, 0.1) is 25.2 Å². The van der Waals surface area contributed by atoms with E-state index < -0.39 is 29.2 Å². The van der Waals surface area contributed by atoms with Gasteiger partial charge in [0.15, 0.2) is 0 Å². The number of amides is 1. The maximum atomic E-state index is 14.9. The molecule has 0 bridgehead atoms. The van der Waals surface area contributed by atoms with Crippen LogP contribution in [-0.4, -0.2) is 18.0 Å². The number of anilines is 1. The summed E-state index contributed by atoms with van der Waals surface area (Å²) in [6, 6.07) is 7.74. The van der Waals surface area contributed by atoms with Gasteiger partial charge in [0.05, 0.1) is 11.6 Å². The van der Waals surface area contributed by atoms with Crippen molar-refractivity contribution in [2.75, 3.05) is 5.32 Å². The number of nitriles is 1. The SMILES string of the molecule is CCCc1cc(C(F)(C(C)(F)F)C(F)(F)F)cc(C)c1NC(=O)c1ccc(C#N)c(C)c1. The van der Waals surface area contributed by atoms with Crippen LogP contribution in [0.15, 0.2) is 30.3 Å². The quantitative estimate of drug-likeness (QED) is 0.488. The zero-order valence-corrected chi connectivity index (χ0v) is 17.9. The number of nitrogens with zero attached hydrogens (tertiary/aromatic N) is 1. The molecule has 0 aliphatic carbocycles. The first kappa shape index (κ1) is 25.2. The molecule has 0 aliphatic rings. The minimum Gasteiger partial charge on any atom is -0.321 e. The van der Waals surface area contributed by atoms with E-state index in [1.807, 2.05) is 6.07 Å². The Hall–Kier alpha value is -3.02. The minimum absolute atomic E-state index is 0.0141. The molecule has 1 amide bonds. The van der Waals surface area contributed by atoms with Gasteiger partial charge >= 0.3 is 6.18 Å². The molecule has 9 heteroatoms. The standard InChI is InChI=1S/C23H22F6N2O/c1-5-6-15-11-18(22(26,21(4,24)25)23(27,28)29)10-14(3)19(15)31-20(32)16-7-8-17(12-30)13(2)9-16/h7-11H,5-6H2,1-4H3,(H,31,32). The predicted molar refractivity (Wildman–Crippen MR) is 108 cm³/mol. The lowest BCUT2D eigenvalue weighted by molar-refractivity contribution is -0.304. The third-order valence-corrected chi connectivity index (χ3v) is 5.18. The lowest BCUT2D eigenvalue weighted by atomic mass is 9.85. The molecular weight excluding hydrogens is 434 g/mol. The van der Waals surface area contributed by atoms with Gasteiger partial charge in [0, 0.05) is 23.7 Å².